The van der Waals surface area contributed by atoms with Gasteiger partial charge in [-0.1, -0.05) is 30.3 Å². The van der Waals surface area contributed by atoms with E-state index in [-0.39, 0.29) is 17.9 Å². The number of nitrogens with one attached hydrogen (secondary N) is 1. The van der Waals surface area contributed by atoms with Gasteiger partial charge in [-0.05, 0) is 20.3 Å². The number of fused-ring (bicyclic) bond motifs is 1. The first-order valence-corrected chi connectivity index (χ1v) is 8.94. The summed E-state index contributed by atoms with van der Waals surface area (Å²) < 4.78 is 3.91. The minimum absolute atomic E-state index is 0.0201. The lowest BCUT2D eigenvalue weighted by Gasteiger charge is -2.23. The van der Waals surface area contributed by atoms with Gasteiger partial charge >= 0.3 is 0 Å². The van der Waals surface area contributed by atoms with Gasteiger partial charge in [0.2, 0.25) is 5.91 Å². The number of aryl methyl sites for hydroxylation is 1. The molecule has 1 amide bonds. The molecular formula is C19H22N6O. The number of carbonyl (C=O) groups excluding carboxylic acids is 1. The van der Waals surface area contributed by atoms with Crippen molar-refractivity contribution >= 4 is 11.6 Å². The van der Waals surface area contributed by atoms with Gasteiger partial charge in [0, 0.05) is 30.8 Å². The van der Waals surface area contributed by atoms with Gasteiger partial charge < -0.3 is 9.88 Å². The van der Waals surface area contributed by atoms with Crippen LogP contribution in [-0.4, -0.2) is 30.5 Å². The maximum Gasteiger partial charge on any atom is 0.229 e. The Bertz CT molecular complexity index is 911. The lowest BCUT2D eigenvalue weighted by Crippen LogP contribution is -2.31. The number of carbonyl (C=O) groups is 1. The van der Waals surface area contributed by atoms with Gasteiger partial charge in [-0.15, -0.1) is 10.2 Å². The topological polar surface area (TPSA) is 77.6 Å². The Kier molecular flexibility index (Phi) is 4.28. The van der Waals surface area contributed by atoms with E-state index in [1.807, 2.05) is 41.2 Å². The van der Waals surface area contributed by atoms with Crippen LogP contribution in [0.25, 0.3) is 11.4 Å². The zero-order chi connectivity index (χ0) is 18.1. The van der Waals surface area contributed by atoms with Crippen molar-refractivity contribution in [2.24, 2.45) is 5.92 Å². The lowest BCUT2D eigenvalue weighted by atomic mass is 9.98. The highest BCUT2D eigenvalue weighted by atomic mass is 16.1. The average molecular weight is 350 g/mol. The monoisotopic (exact) mass is 350 g/mol. The van der Waals surface area contributed by atoms with Crippen LogP contribution in [0.5, 0.6) is 0 Å². The maximum absolute atomic E-state index is 12.7. The van der Waals surface area contributed by atoms with Crippen molar-refractivity contribution in [2.75, 3.05) is 5.32 Å². The number of hydrogen-bond donors (Lipinski definition) is 1. The molecule has 134 valence electrons. The van der Waals surface area contributed by atoms with E-state index in [9.17, 15) is 4.79 Å². The van der Waals surface area contributed by atoms with E-state index in [2.05, 4.69) is 39.0 Å². The summed E-state index contributed by atoms with van der Waals surface area (Å²) in [4.78, 5) is 12.7. The molecule has 0 radical (unpaired) electrons. The van der Waals surface area contributed by atoms with Crippen molar-refractivity contribution in [3.05, 3.63) is 48.5 Å². The summed E-state index contributed by atoms with van der Waals surface area (Å²) in [5.74, 6) is 1.68. The highest BCUT2D eigenvalue weighted by Gasteiger charge is 2.28. The van der Waals surface area contributed by atoms with Crippen molar-refractivity contribution in [2.45, 2.75) is 39.3 Å². The van der Waals surface area contributed by atoms with E-state index in [0.717, 1.165) is 35.7 Å². The molecule has 1 aliphatic heterocycles. The smallest absolute Gasteiger partial charge is 0.229 e. The Morgan fingerprint density at radius 2 is 2.04 bits per heavy atom. The van der Waals surface area contributed by atoms with E-state index in [4.69, 9.17) is 0 Å². The summed E-state index contributed by atoms with van der Waals surface area (Å²) in [6.07, 6.45) is 5.09. The molecule has 7 heteroatoms. The second-order valence-electron chi connectivity index (χ2n) is 6.94. The first-order chi connectivity index (χ1) is 12.6. The van der Waals surface area contributed by atoms with Gasteiger partial charge in [-0.3, -0.25) is 9.48 Å². The predicted molar refractivity (Wildman–Crippen MR) is 98.5 cm³/mol. The molecule has 0 spiro atoms. The first-order valence-electron chi connectivity index (χ1n) is 8.94. The van der Waals surface area contributed by atoms with Crippen LogP contribution in [0, 0.1) is 5.92 Å². The molecule has 0 aliphatic carbocycles. The number of amides is 1. The summed E-state index contributed by atoms with van der Waals surface area (Å²) in [6.45, 7) is 4.70. The van der Waals surface area contributed by atoms with E-state index < -0.39 is 0 Å². The van der Waals surface area contributed by atoms with E-state index in [0.29, 0.717) is 6.54 Å². The van der Waals surface area contributed by atoms with E-state index >= 15 is 0 Å². The van der Waals surface area contributed by atoms with Gasteiger partial charge in [-0.25, -0.2) is 0 Å². The molecule has 26 heavy (non-hydrogen) atoms. The molecule has 3 heterocycles. The van der Waals surface area contributed by atoms with Crippen molar-refractivity contribution in [1.29, 1.82) is 0 Å². The number of nitrogens with zero attached hydrogens (tertiary/aromatic N) is 5. The molecular weight excluding hydrogens is 328 g/mol. The number of rotatable bonds is 4. The largest absolute Gasteiger partial charge is 0.323 e. The summed E-state index contributed by atoms with van der Waals surface area (Å²) in [6, 6.07) is 10.2. The standard InChI is InChI=1S/C19H22N6O/c1-13(2)25-12-16(10-20-25)21-19(26)15-8-9-17-22-23-18(24(17)11-15)14-6-4-3-5-7-14/h3-7,10,12-13,15H,8-9,11H2,1-2H3,(H,21,26). The molecule has 2 aromatic heterocycles. The molecule has 1 aliphatic rings. The molecule has 7 nitrogen and oxygen atoms in total. The molecule has 0 saturated heterocycles. The molecule has 1 N–H and O–H groups in total. The molecule has 0 saturated carbocycles. The molecule has 3 aromatic rings. The van der Waals surface area contributed by atoms with Crippen LogP contribution in [-0.2, 0) is 17.8 Å². The Morgan fingerprint density at radius 3 is 2.77 bits per heavy atom. The zero-order valence-electron chi connectivity index (χ0n) is 15.0. The third kappa shape index (κ3) is 3.12. The normalized spacial score (nSPS) is 16.5. The zero-order valence-corrected chi connectivity index (χ0v) is 15.0. The van der Waals surface area contributed by atoms with Gasteiger partial charge in [0.1, 0.15) is 5.82 Å². The van der Waals surface area contributed by atoms with Crippen molar-refractivity contribution < 1.29 is 4.79 Å². The summed E-state index contributed by atoms with van der Waals surface area (Å²) in [5, 5.41) is 15.9. The minimum atomic E-state index is -0.108. The van der Waals surface area contributed by atoms with E-state index in [1.165, 1.54) is 0 Å². The van der Waals surface area contributed by atoms with Crippen molar-refractivity contribution in [3.63, 3.8) is 0 Å². The highest BCUT2D eigenvalue weighted by molar-refractivity contribution is 5.92. The summed E-state index contributed by atoms with van der Waals surface area (Å²) in [7, 11) is 0. The Hall–Kier alpha value is -2.96. The predicted octanol–water partition coefficient (Wildman–Crippen LogP) is 2.92. The third-order valence-electron chi connectivity index (χ3n) is 4.75. The van der Waals surface area contributed by atoms with Gasteiger partial charge in [-0.2, -0.15) is 5.10 Å². The van der Waals surface area contributed by atoms with Crippen LogP contribution in [0.2, 0.25) is 0 Å². The van der Waals surface area contributed by atoms with Gasteiger partial charge in [0.15, 0.2) is 5.82 Å². The second-order valence-corrected chi connectivity index (χ2v) is 6.94. The minimum Gasteiger partial charge on any atom is -0.323 e. The van der Waals surface area contributed by atoms with Crippen LogP contribution < -0.4 is 5.32 Å². The lowest BCUT2D eigenvalue weighted by molar-refractivity contribution is -0.120. The fourth-order valence-electron chi connectivity index (χ4n) is 3.27. The van der Waals surface area contributed by atoms with E-state index in [1.54, 1.807) is 6.20 Å². The van der Waals surface area contributed by atoms with Crippen LogP contribution >= 0.6 is 0 Å². The van der Waals surface area contributed by atoms with Gasteiger partial charge in [0.05, 0.1) is 17.8 Å². The summed E-state index contributed by atoms with van der Waals surface area (Å²) in [5.41, 5.74) is 1.76. The first kappa shape index (κ1) is 16.5. The van der Waals surface area contributed by atoms with Crippen LogP contribution in [0.3, 0.4) is 0 Å². The number of anilines is 1. The fraction of sp³-hybridized carbons (Fsp3) is 0.368. The third-order valence-corrected chi connectivity index (χ3v) is 4.75. The van der Waals surface area contributed by atoms with Crippen LogP contribution in [0.1, 0.15) is 32.1 Å². The Morgan fingerprint density at radius 1 is 1.23 bits per heavy atom. The number of aromatic nitrogens is 5. The molecule has 4 rings (SSSR count). The van der Waals surface area contributed by atoms with Crippen molar-refractivity contribution in [3.8, 4) is 11.4 Å². The van der Waals surface area contributed by atoms with Crippen LogP contribution in [0.15, 0.2) is 42.7 Å². The Balaban J connectivity index is 1.51. The fourth-order valence-corrected chi connectivity index (χ4v) is 3.27. The Labute approximate surface area is 152 Å². The van der Waals surface area contributed by atoms with Gasteiger partial charge in [0.25, 0.3) is 0 Å². The average Bonchev–Trinajstić information content (AvgIpc) is 3.28. The summed E-state index contributed by atoms with van der Waals surface area (Å²) >= 11 is 0. The highest BCUT2D eigenvalue weighted by Crippen LogP contribution is 2.26. The molecule has 1 unspecified atom stereocenters. The second kappa shape index (κ2) is 6.74. The number of benzene rings is 1. The molecule has 0 fully saturated rings. The SMILES string of the molecule is CC(C)n1cc(NC(=O)C2CCc3nnc(-c4ccccc4)n3C2)cn1. The molecule has 0 bridgehead atoms. The van der Waals surface area contributed by atoms with Crippen LogP contribution in [0.4, 0.5) is 5.69 Å². The maximum atomic E-state index is 12.7. The molecule has 1 aromatic carbocycles. The quantitative estimate of drug-likeness (QED) is 0.785. The molecule has 1 atom stereocenters. The number of hydrogen-bond acceptors (Lipinski definition) is 4. The van der Waals surface area contributed by atoms with Crippen molar-refractivity contribution in [1.82, 2.24) is 24.5 Å².